The van der Waals surface area contributed by atoms with Crippen LogP contribution in [0.25, 0.3) is 10.8 Å². The molecule has 0 aliphatic rings. The lowest BCUT2D eigenvalue weighted by atomic mass is 10.1. The maximum atomic E-state index is 5.72. The molecule has 3 nitrogen and oxygen atoms in total. The van der Waals surface area contributed by atoms with Crippen LogP contribution < -0.4 is 11.1 Å². The standard InChI is InChI=1S/C15H13N3/c16-13-7-8-17-15(10-13)18-14-6-5-11-3-1-2-4-12(11)9-14/h1-10H,(H3,16,17,18). The number of hydrogen-bond acceptors (Lipinski definition) is 3. The van der Waals surface area contributed by atoms with E-state index in [0.29, 0.717) is 5.69 Å². The van der Waals surface area contributed by atoms with Gasteiger partial charge in [0.05, 0.1) is 0 Å². The number of benzene rings is 2. The van der Waals surface area contributed by atoms with Crippen LogP contribution in [-0.2, 0) is 0 Å². The summed E-state index contributed by atoms with van der Waals surface area (Å²) >= 11 is 0. The summed E-state index contributed by atoms with van der Waals surface area (Å²) in [5.41, 5.74) is 7.43. The molecule has 3 rings (SSSR count). The predicted octanol–water partition coefficient (Wildman–Crippen LogP) is 3.56. The molecule has 0 aliphatic carbocycles. The summed E-state index contributed by atoms with van der Waals surface area (Å²) in [4.78, 5) is 4.22. The fourth-order valence-electron chi connectivity index (χ4n) is 1.93. The summed E-state index contributed by atoms with van der Waals surface area (Å²) in [7, 11) is 0. The van der Waals surface area contributed by atoms with Crippen LogP contribution in [0, 0.1) is 0 Å². The highest BCUT2D eigenvalue weighted by atomic mass is 15.0. The first kappa shape index (κ1) is 10.6. The first-order valence-corrected chi connectivity index (χ1v) is 5.79. The van der Waals surface area contributed by atoms with Crippen molar-refractivity contribution >= 4 is 28.0 Å². The number of rotatable bonds is 2. The first-order valence-electron chi connectivity index (χ1n) is 5.79. The molecule has 0 spiro atoms. The van der Waals surface area contributed by atoms with E-state index in [4.69, 9.17) is 5.73 Å². The Labute approximate surface area is 105 Å². The van der Waals surface area contributed by atoms with E-state index in [1.807, 2.05) is 24.3 Å². The second-order valence-corrected chi connectivity index (χ2v) is 4.16. The molecule has 0 unspecified atom stereocenters. The Hall–Kier alpha value is -2.55. The monoisotopic (exact) mass is 235 g/mol. The summed E-state index contributed by atoms with van der Waals surface area (Å²) in [5.74, 6) is 0.755. The molecule has 0 saturated heterocycles. The molecule has 0 saturated carbocycles. The Morgan fingerprint density at radius 2 is 1.72 bits per heavy atom. The largest absolute Gasteiger partial charge is 0.399 e. The highest BCUT2D eigenvalue weighted by molar-refractivity contribution is 5.86. The second kappa shape index (κ2) is 4.37. The average Bonchev–Trinajstić information content (AvgIpc) is 2.39. The van der Waals surface area contributed by atoms with Crippen LogP contribution in [0.2, 0.25) is 0 Å². The summed E-state index contributed by atoms with van der Waals surface area (Å²) in [6, 6.07) is 18.1. The maximum absolute atomic E-state index is 5.72. The van der Waals surface area contributed by atoms with Gasteiger partial charge in [-0.3, -0.25) is 0 Å². The fourth-order valence-corrected chi connectivity index (χ4v) is 1.93. The van der Waals surface area contributed by atoms with Gasteiger partial charge in [0.25, 0.3) is 0 Å². The van der Waals surface area contributed by atoms with E-state index in [-0.39, 0.29) is 0 Å². The van der Waals surface area contributed by atoms with Crippen LogP contribution >= 0.6 is 0 Å². The Morgan fingerprint density at radius 3 is 2.56 bits per heavy atom. The topological polar surface area (TPSA) is 50.9 Å². The molecule has 1 heterocycles. The van der Waals surface area contributed by atoms with Crippen LogP contribution in [0.3, 0.4) is 0 Å². The molecule has 0 amide bonds. The van der Waals surface area contributed by atoms with Gasteiger partial charge < -0.3 is 11.1 Å². The summed E-state index contributed by atoms with van der Waals surface area (Å²) in [6.07, 6.45) is 1.69. The highest BCUT2D eigenvalue weighted by Crippen LogP contribution is 2.21. The van der Waals surface area contributed by atoms with Gasteiger partial charge in [0.1, 0.15) is 5.82 Å². The van der Waals surface area contributed by atoms with Gasteiger partial charge in [0.15, 0.2) is 0 Å². The Kier molecular flexibility index (Phi) is 2.57. The van der Waals surface area contributed by atoms with Gasteiger partial charge in [-0.1, -0.05) is 30.3 Å². The molecule has 18 heavy (non-hydrogen) atoms. The molecule has 3 N–H and O–H groups in total. The molecule has 0 bridgehead atoms. The zero-order valence-electron chi connectivity index (χ0n) is 9.80. The molecule has 1 aromatic heterocycles. The molecule has 0 radical (unpaired) electrons. The van der Waals surface area contributed by atoms with Crippen LogP contribution in [0.5, 0.6) is 0 Å². The number of nitrogen functional groups attached to an aromatic ring is 1. The van der Waals surface area contributed by atoms with Gasteiger partial charge in [-0.05, 0) is 29.0 Å². The number of fused-ring (bicyclic) bond motifs is 1. The van der Waals surface area contributed by atoms with Crippen molar-refractivity contribution in [2.45, 2.75) is 0 Å². The average molecular weight is 235 g/mol. The van der Waals surface area contributed by atoms with E-state index in [1.165, 1.54) is 10.8 Å². The Bertz CT molecular complexity index is 692. The van der Waals surface area contributed by atoms with Gasteiger partial charge in [-0.25, -0.2) is 4.98 Å². The maximum Gasteiger partial charge on any atom is 0.132 e. The van der Waals surface area contributed by atoms with Crippen molar-refractivity contribution in [1.82, 2.24) is 4.98 Å². The summed E-state index contributed by atoms with van der Waals surface area (Å²) in [5, 5.41) is 5.67. The molecule has 0 aliphatic heterocycles. The number of nitrogens with zero attached hydrogens (tertiary/aromatic N) is 1. The minimum atomic E-state index is 0.702. The van der Waals surface area contributed by atoms with Gasteiger partial charge in [-0.2, -0.15) is 0 Å². The molecular formula is C15H13N3. The van der Waals surface area contributed by atoms with Crippen LogP contribution in [0.4, 0.5) is 17.2 Å². The van der Waals surface area contributed by atoms with Crippen molar-refractivity contribution in [3.63, 3.8) is 0 Å². The number of hydrogen-bond donors (Lipinski definition) is 2. The smallest absolute Gasteiger partial charge is 0.132 e. The lowest BCUT2D eigenvalue weighted by Crippen LogP contribution is -1.94. The van der Waals surface area contributed by atoms with E-state index in [2.05, 4.69) is 34.6 Å². The van der Waals surface area contributed by atoms with Crippen molar-refractivity contribution in [3.05, 3.63) is 60.8 Å². The molecule has 3 heteroatoms. The summed E-state index contributed by atoms with van der Waals surface area (Å²) < 4.78 is 0. The second-order valence-electron chi connectivity index (χ2n) is 4.16. The molecule has 88 valence electrons. The van der Waals surface area contributed by atoms with E-state index in [0.717, 1.165) is 11.5 Å². The van der Waals surface area contributed by atoms with Crippen molar-refractivity contribution in [1.29, 1.82) is 0 Å². The highest BCUT2D eigenvalue weighted by Gasteiger charge is 1.98. The van der Waals surface area contributed by atoms with Crippen LogP contribution in [0.15, 0.2) is 60.8 Å². The van der Waals surface area contributed by atoms with Gasteiger partial charge in [0.2, 0.25) is 0 Å². The zero-order valence-corrected chi connectivity index (χ0v) is 9.80. The van der Waals surface area contributed by atoms with Crippen molar-refractivity contribution in [2.75, 3.05) is 11.1 Å². The SMILES string of the molecule is Nc1ccnc(Nc2ccc3ccccc3c2)c1. The Balaban J connectivity index is 1.95. The van der Waals surface area contributed by atoms with E-state index in [9.17, 15) is 0 Å². The minimum Gasteiger partial charge on any atom is -0.399 e. The number of pyridine rings is 1. The number of aromatic nitrogens is 1. The predicted molar refractivity (Wildman–Crippen MR) is 75.9 cm³/mol. The number of nitrogens with one attached hydrogen (secondary N) is 1. The minimum absolute atomic E-state index is 0.702. The van der Waals surface area contributed by atoms with Crippen molar-refractivity contribution < 1.29 is 0 Å². The van der Waals surface area contributed by atoms with Gasteiger partial charge >= 0.3 is 0 Å². The zero-order chi connectivity index (χ0) is 12.4. The third-order valence-corrected chi connectivity index (χ3v) is 2.81. The van der Waals surface area contributed by atoms with Crippen molar-refractivity contribution in [3.8, 4) is 0 Å². The van der Waals surface area contributed by atoms with E-state index >= 15 is 0 Å². The molecule has 2 aromatic carbocycles. The lowest BCUT2D eigenvalue weighted by Gasteiger charge is -2.07. The molecule has 0 atom stereocenters. The van der Waals surface area contributed by atoms with Crippen molar-refractivity contribution in [2.24, 2.45) is 0 Å². The van der Waals surface area contributed by atoms with E-state index < -0.39 is 0 Å². The third kappa shape index (κ3) is 2.11. The number of anilines is 3. The normalized spacial score (nSPS) is 10.4. The first-order chi connectivity index (χ1) is 8.81. The quantitative estimate of drug-likeness (QED) is 0.714. The Morgan fingerprint density at radius 1 is 0.889 bits per heavy atom. The van der Waals surface area contributed by atoms with E-state index in [1.54, 1.807) is 12.3 Å². The lowest BCUT2D eigenvalue weighted by molar-refractivity contribution is 1.31. The van der Waals surface area contributed by atoms with Crippen LogP contribution in [-0.4, -0.2) is 4.98 Å². The summed E-state index contributed by atoms with van der Waals surface area (Å²) in [6.45, 7) is 0. The third-order valence-electron chi connectivity index (χ3n) is 2.81. The molecule has 3 aromatic rings. The fraction of sp³-hybridized carbons (Fsp3) is 0. The molecular weight excluding hydrogens is 222 g/mol. The number of nitrogens with two attached hydrogens (primary N) is 1. The molecule has 0 fully saturated rings. The van der Waals surface area contributed by atoms with Gasteiger partial charge in [0, 0.05) is 23.6 Å². The van der Waals surface area contributed by atoms with Gasteiger partial charge in [-0.15, -0.1) is 0 Å². The van der Waals surface area contributed by atoms with Crippen LogP contribution in [0.1, 0.15) is 0 Å².